The van der Waals surface area contributed by atoms with Crippen molar-refractivity contribution in [1.82, 2.24) is 14.9 Å². The summed E-state index contributed by atoms with van der Waals surface area (Å²) in [6, 6.07) is 11.2. The van der Waals surface area contributed by atoms with Gasteiger partial charge in [-0.3, -0.25) is 4.79 Å². The molecule has 32 heavy (non-hydrogen) atoms. The summed E-state index contributed by atoms with van der Waals surface area (Å²) in [5.41, 5.74) is 8.03. The third-order valence-electron chi connectivity index (χ3n) is 5.52. The second-order valence-corrected chi connectivity index (χ2v) is 7.60. The molecule has 0 atom stereocenters. The molecular formula is C23H27N5O4. The quantitative estimate of drug-likeness (QED) is 0.626. The van der Waals surface area contributed by atoms with Crippen molar-refractivity contribution in [2.75, 3.05) is 57.6 Å². The van der Waals surface area contributed by atoms with Crippen molar-refractivity contribution in [3.8, 4) is 17.2 Å². The second kappa shape index (κ2) is 9.17. The molecule has 4 rings (SSSR count). The summed E-state index contributed by atoms with van der Waals surface area (Å²) < 4.78 is 16.3. The topological polar surface area (TPSA) is 103 Å². The summed E-state index contributed by atoms with van der Waals surface area (Å²) in [7, 11) is 3.15. The van der Waals surface area contributed by atoms with E-state index in [1.807, 2.05) is 36.1 Å². The summed E-state index contributed by atoms with van der Waals surface area (Å²) in [4.78, 5) is 25.5. The highest BCUT2D eigenvalue weighted by molar-refractivity contribution is 5.91. The molecule has 1 fully saturated rings. The number of nitrogens with zero attached hydrogens (tertiary/aromatic N) is 4. The number of nitrogens with two attached hydrogens (primary N) is 1. The van der Waals surface area contributed by atoms with Crippen LogP contribution in [0.1, 0.15) is 5.56 Å². The molecule has 0 aliphatic carbocycles. The molecule has 9 nitrogen and oxygen atoms in total. The second-order valence-electron chi connectivity index (χ2n) is 7.60. The molecule has 0 unspecified atom stereocenters. The maximum Gasteiger partial charge on any atom is 0.260 e. The number of nitrogen functional groups attached to an aromatic ring is 1. The number of fused-ring (bicyclic) bond motifs is 1. The van der Waals surface area contributed by atoms with Gasteiger partial charge in [0.25, 0.3) is 5.91 Å². The van der Waals surface area contributed by atoms with Crippen LogP contribution in [-0.2, 0) is 4.79 Å². The van der Waals surface area contributed by atoms with Crippen LogP contribution in [0.5, 0.6) is 17.2 Å². The molecule has 0 radical (unpaired) electrons. The van der Waals surface area contributed by atoms with Crippen molar-refractivity contribution >= 4 is 28.6 Å². The summed E-state index contributed by atoms with van der Waals surface area (Å²) in [5.74, 6) is 2.70. The maximum atomic E-state index is 12.5. The largest absolute Gasteiger partial charge is 0.493 e. The minimum absolute atomic E-state index is 0.0180. The molecule has 1 aliphatic rings. The van der Waals surface area contributed by atoms with Gasteiger partial charge in [-0.2, -0.15) is 4.98 Å². The predicted octanol–water partition coefficient (Wildman–Crippen LogP) is 2.27. The summed E-state index contributed by atoms with van der Waals surface area (Å²) in [6.07, 6.45) is 0. The van der Waals surface area contributed by atoms with Crippen LogP contribution < -0.4 is 24.8 Å². The van der Waals surface area contributed by atoms with Crippen molar-refractivity contribution in [2.45, 2.75) is 6.92 Å². The number of anilines is 2. The summed E-state index contributed by atoms with van der Waals surface area (Å²) in [5, 5.41) is 0.702. The monoisotopic (exact) mass is 437 g/mol. The number of piperazine rings is 1. The zero-order valence-corrected chi connectivity index (χ0v) is 18.5. The number of ether oxygens (including phenoxy) is 3. The standard InChI is InChI=1S/C23H27N5O4/c1-15-4-6-16(7-5-15)32-14-21(29)27-8-10-28(11-9-27)23-25-18-13-20(31-3)19(30-2)12-17(18)22(24)26-23/h4-7,12-13H,8-11,14H2,1-3H3,(H2,24,25,26). The molecule has 1 aliphatic heterocycles. The Kier molecular flexibility index (Phi) is 6.16. The van der Waals surface area contributed by atoms with Gasteiger partial charge < -0.3 is 29.7 Å². The Labute approximate surface area is 186 Å². The lowest BCUT2D eigenvalue weighted by Crippen LogP contribution is -2.50. The third kappa shape index (κ3) is 4.46. The van der Waals surface area contributed by atoms with Crippen LogP contribution in [0.25, 0.3) is 10.9 Å². The molecule has 2 heterocycles. The average Bonchev–Trinajstić information content (AvgIpc) is 2.82. The Morgan fingerprint density at radius 1 is 1.00 bits per heavy atom. The van der Waals surface area contributed by atoms with Gasteiger partial charge in [-0.1, -0.05) is 17.7 Å². The number of amides is 1. The number of rotatable bonds is 6. The van der Waals surface area contributed by atoms with E-state index in [9.17, 15) is 4.79 Å². The molecule has 3 aromatic rings. The van der Waals surface area contributed by atoms with Crippen LogP contribution in [0.15, 0.2) is 36.4 Å². The van der Waals surface area contributed by atoms with Gasteiger partial charge in [0.15, 0.2) is 18.1 Å². The fourth-order valence-electron chi connectivity index (χ4n) is 3.63. The van der Waals surface area contributed by atoms with Crippen molar-refractivity contribution in [3.05, 3.63) is 42.0 Å². The van der Waals surface area contributed by atoms with E-state index in [-0.39, 0.29) is 12.5 Å². The van der Waals surface area contributed by atoms with Gasteiger partial charge in [0.1, 0.15) is 11.6 Å². The first kappa shape index (κ1) is 21.5. The van der Waals surface area contributed by atoms with Crippen LogP contribution in [0.2, 0.25) is 0 Å². The van der Waals surface area contributed by atoms with Gasteiger partial charge >= 0.3 is 0 Å². The number of benzene rings is 2. The van der Waals surface area contributed by atoms with Crippen LogP contribution >= 0.6 is 0 Å². The number of aromatic nitrogens is 2. The summed E-state index contributed by atoms with van der Waals surface area (Å²) >= 11 is 0. The molecule has 0 spiro atoms. The zero-order valence-electron chi connectivity index (χ0n) is 18.5. The fraction of sp³-hybridized carbons (Fsp3) is 0.348. The Hall–Kier alpha value is -3.75. The van der Waals surface area contributed by atoms with Crippen LogP contribution in [0.3, 0.4) is 0 Å². The molecule has 168 valence electrons. The van der Waals surface area contributed by atoms with E-state index in [0.717, 1.165) is 5.56 Å². The first-order valence-corrected chi connectivity index (χ1v) is 10.4. The highest BCUT2D eigenvalue weighted by Crippen LogP contribution is 2.34. The Balaban J connectivity index is 1.41. The van der Waals surface area contributed by atoms with E-state index in [1.165, 1.54) is 0 Å². The van der Waals surface area contributed by atoms with Crippen LogP contribution in [0, 0.1) is 6.92 Å². The van der Waals surface area contributed by atoms with E-state index in [4.69, 9.17) is 19.9 Å². The molecular weight excluding hydrogens is 410 g/mol. The Morgan fingerprint density at radius 3 is 2.31 bits per heavy atom. The number of hydrogen-bond acceptors (Lipinski definition) is 8. The average molecular weight is 438 g/mol. The lowest BCUT2D eigenvalue weighted by atomic mass is 10.2. The van der Waals surface area contributed by atoms with E-state index >= 15 is 0 Å². The van der Waals surface area contributed by atoms with Crippen molar-refractivity contribution in [1.29, 1.82) is 0 Å². The fourth-order valence-corrected chi connectivity index (χ4v) is 3.63. The predicted molar refractivity (Wildman–Crippen MR) is 123 cm³/mol. The maximum absolute atomic E-state index is 12.5. The number of hydrogen-bond donors (Lipinski definition) is 1. The molecule has 2 aromatic carbocycles. The van der Waals surface area contributed by atoms with Crippen molar-refractivity contribution in [3.63, 3.8) is 0 Å². The third-order valence-corrected chi connectivity index (χ3v) is 5.52. The van der Waals surface area contributed by atoms with E-state index < -0.39 is 0 Å². The molecule has 0 bridgehead atoms. The van der Waals surface area contributed by atoms with E-state index in [2.05, 4.69) is 9.97 Å². The van der Waals surface area contributed by atoms with E-state index in [1.54, 1.807) is 31.3 Å². The molecule has 9 heteroatoms. The first-order valence-electron chi connectivity index (χ1n) is 10.4. The van der Waals surface area contributed by atoms with Crippen LogP contribution in [0.4, 0.5) is 11.8 Å². The van der Waals surface area contributed by atoms with Gasteiger partial charge in [-0.25, -0.2) is 4.98 Å². The summed E-state index contributed by atoms with van der Waals surface area (Å²) in [6.45, 7) is 4.36. The van der Waals surface area contributed by atoms with Crippen LogP contribution in [-0.4, -0.2) is 67.8 Å². The molecule has 1 saturated heterocycles. The number of carbonyl (C=O) groups excluding carboxylic acids is 1. The van der Waals surface area contributed by atoms with Gasteiger partial charge in [0, 0.05) is 37.6 Å². The lowest BCUT2D eigenvalue weighted by molar-refractivity contribution is -0.133. The van der Waals surface area contributed by atoms with E-state index in [0.29, 0.717) is 66.1 Å². The molecule has 0 saturated carbocycles. The van der Waals surface area contributed by atoms with Crippen molar-refractivity contribution in [2.24, 2.45) is 0 Å². The Morgan fingerprint density at radius 2 is 1.66 bits per heavy atom. The highest BCUT2D eigenvalue weighted by Gasteiger charge is 2.24. The SMILES string of the molecule is COc1cc2nc(N3CCN(C(=O)COc4ccc(C)cc4)CC3)nc(N)c2cc1OC. The number of methoxy groups -OCH3 is 2. The lowest BCUT2D eigenvalue weighted by Gasteiger charge is -2.34. The van der Waals surface area contributed by atoms with Gasteiger partial charge in [-0.15, -0.1) is 0 Å². The zero-order chi connectivity index (χ0) is 22.7. The minimum Gasteiger partial charge on any atom is -0.493 e. The molecule has 1 aromatic heterocycles. The normalized spacial score (nSPS) is 13.8. The van der Waals surface area contributed by atoms with Gasteiger partial charge in [-0.05, 0) is 25.1 Å². The number of aryl methyl sites for hydroxylation is 1. The Bertz CT molecular complexity index is 1110. The minimum atomic E-state index is -0.0407. The smallest absolute Gasteiger partial charge is 0.260 e. The van der Waals surface area contributed by atoms with Gasteiger partial charge in [0.05, 0.1) is 19.7 Å². The first-order chi connectivity index (χ1) is 15.5. The molecule has 2 N–H and O–H groups in total. The van der Waals surface area contributed by atoms with Crippen molar-refractivity contribution < 1.29 is 19.0 Å². The van der Waals surface area contributed by atoms with Gasteiger partial charge in [0.2, 0.25) is 5.95 Å². The molecule has 1 amide bonds. The highest BCUT2D eigenvalue weighted by atomic mass is 16.5. The number of carbonyl (C=O) groups is 1.